The van der Waals surface area contributed by atoms with E-state index in [1.807, 2.05) is 0 Å². The van der Waals surface area contributed by atoms with Crippen LogP contribution in [-0.4, -0.2) is 23.9 Å². The molecule has 0 saturated carbocycles. The number of anilines is 2. The van der Waals surface area contributed by atoms with Crippen molar-refractivity contribution < 1.29 is 14.3 Å². The van der Waals surface area contributed by atoms with Gasteiger partial charge in [0.1, 0.15) is 11.6 Å². The molecule has 0 unspecified atom stereocenters. The van der Waals surface area contributed by atoms with Crippen molar-refractivity contribution in [3.8, 4) is 5.75 Å². The highest BCUT2D eigenvalue weighted by molar-refractivity contribution is 6.30. The number of benzene rings is 1. The number of pyridine rings is 1. The van der Waals surface area contributed by atoms with Gasteiger partial charge >= 0.3 is 0 Å². The summed E-state index contributed by atoms with van der Waals surface area (Å²) in [6.07, 6.45) is 4.40. The molecule has 0 bridgehead atoms. The maximum Gasteiger partial charge on any atom is 0.259 e. The third-order valence-electron chi connectivity index (χ3n) is 3.02. The Kier molecular flexibility index (Phi) is 5.92. The molecule has 1 aromatic carbocycles. The van der Waals surface area contributed by atoms with Crippen LogP contribution in [0.3, 0.4) is 0 Å². The van der Waals surface area contributed by atoms with Gasteiger partial charge in [-0.3, -0.25) is 9.59 Å². The number of ether oxygens (including phenoxy) is 1. The molecule has 2 amide bonds. The smallest absolute Gasteiger partial charge is 0.259 e. The molecular weight excluding hydrogens is 330 g/mol. The quantitative estimate of drug-likeness (QED) is 0.812. The van der Waals surface area contributed by atoms with Crippen molar-refractivity contribution in [2.24, 2.45) is 0 Å². The first-order chi connectivity index (χ1) is 11.5. The summed E-state index contributed by atoms with van der Waals surface area (Å²) < 4.78 is 5.14. The molecule has 1 aromatic heterocycles. The fourth-order valence-electron chi connectivity index (χ4n) is 1.91. The first-order valence-electron chi connectivity index (χ1n) is 7.08. The average molecular weight is 346 g/mol. The van der Waals surface area contributed by atoms with E-state index >= 15 is 0 Å². The molecule has 124 valence electrons. The van der Waals surface area contributed by atoms with E-state index in [-0.39, 0.29) is 11.5 Å². The molecule has 2 N–H and O–H groups in total. The second-order valence-electron chi connectivity index (χ2n) is 4.72. The van der Waals surface area contributed by atoms with Gasteiger partial charge in [0.2, 0.25) is 5.91 Å². The Hall–Kier alpha value is -2.86. The molecule has 0 atom stereocenters. The molecule has 2 rings (SSSR count). The Morgan fingerprint density at radius 1 is 1.21 bits per heavy atom. The highest BCUT2D eigenvalue weighted by Crippen LogP contribution is 2.23. The number of nitrogens with one attached hydrogen (secondary N) is 2. The predicted octanol–water partition coefficient (Wildman–Crippen LogP) is 3.51. The SMILES string of the molecule is C/C=C/C(=O)Nc1ccc(OC)cc1C(=O)Nc1ccc(Cl)cn1. The summed E-state index contributed by atoms with van der Waals surface area (Å²) in [5.41, 5.74) is 0.620. The normalized spacial score (nSPS) is 10.5. The number of carbonyl (C=O) groups is 2. The molecule has 6 nitrogen and oxygen atoms in total. The maximum atomic E-state index is 12.5. The van der Waals surface area contributed by atoms with Gasteiger partial charge in [-0.05, 0) is 43.3 Å². The molecule has 0 radical (unpaired) electrons. The summed E-state index contributed by atoms with van der Waals surface area (Å²) in [4.78, 5) is 28.3. The van der Waals surface area contributed by atoms with Crippen molar-refractivity contribution in [1.29, 1.82) is 0 Å². The average Bonchev–Trinajstić information content (AvgIpc) is 2.57. The Bertz CT molecular complexity index is 773. The third kappa shape index (κ3) is 4.57. The van der Waals surface area contributed by atoms with E-state index in [1.165, 1.54) is 25.4 Å². The molecule has 0 fully saturated rings. The van der Waals surface area contributed by atoms with Crippen molar-refractivity contribution in [3.63, 3.8) is 0 Å². The summed E-state index contributed by atoms with van der Waals surface area (Å²) in [5.74, 6) is 0.0760. The number of hydrogen-bond acceptors (Lipinski definition) is 4. The van der Waals surface area contributed by atoms with Gasteiger partial charge in [0.15, 0.2) is 0 Å². The van der Waals surface area contributed by atoms with Crippen LogP contribution in [0.4, 0.5) is 11.5 Å². The standard InChI is InChI=1S/C17H16ClN3O3/c1-3-4-16(22)20-14-7-6-12(24-2)9-13(14)17(23)21-15-8-5-11(18)10-19-15/h3-10H,1-2H3,(H,20,22)(H,19,21,23)/b4-3+. The number of hydrogen-bond donors (Lipinski definition) is 2. The van der Waals surface area contributed by atoms with E-state index in [1.54, 1.807) is 37.3 Å². The summed E-state index contributed by atoms with van der Waals surface area (Å²) in [6, 6.07) is 7.99. The summed E-state index contributed by atoms with van der Waals surface area (Å²) in [5, 5.41) is 5.77. The maximum absolute atomic E-state index is 12.5. The van der Waals surface area contributed by atoms with Gasteiger partial charge < -0.3 is 15.4 Å². The highest BCUT2D eigenvalue weighted by Gasteiger charge is 2.15. The van der Waals surface area contributed by atoms with E-state index in [4.69, 9.17) is 16.3 Å². The Morgan fingerprint density at radius 3 is 2.62 bits per heavy atom. The first-order valence-corrected chi connectivity index (χ1v) is 7.46. The van der Waals surface area contributed by atoms with Crippen molar-refractivity contribution >= 4 is 34.9 Å². The molecule has 0 aliphatic rings. The first kappa shape index (κ1) is 17.5. The van der Waals surface area contributed by atoms with Crippen LogP contribution in [0.25, 0.3) is 0 Å². The summed E-state index contributed by atoms with van der Waals surface area (Å²) in [7, 11) is 1.50. The van der Waals surface area contributed by atoms with Gasteiger partial charge in [0, 0.05) is 6.20 Å². The number of amides is 2. The third-order valence-corrected chi connectivity index (χ3v) is 3.24. The number of aromatic nitrogens is 1. The fraction of sp³-hybridized carbons (Fsp3) is 0.118. The van der Waals surface area contributed by atoms with Gasteiger partial charge in [-0.15, -0.1) is 0 Å². The van der Waals surface area contributed by atoms with E-state index in [0.717, 1.165) is 0 Å². The Labute approximate surface area is 144 Å². The van der Waals surface area contributed by atoms with E-state index < -0.39 is 5.91 Å². The van der Waals surface area contributed by atoms with Crippen LogP contribution >= 0.6 is 11.6 Å². The Balaban J connectivity index is 2.29. The highest BCUT2D eigenvalue weighted by atomic mass is 35.5. The summed E-state index contributed by atoms with van der Waals surface area (Å²) in [6.45, 7) is 1.73. The molecule has 0 saturated heterocycles. The van der Waals surface area contributed by atoms with Crippen LogP contribution in [-0.2, 0) is 4.79 Å². The Morgan fingerprint density at radius 2 is 2.00 bits per heavy atom. The number of allylic oxidation sites excluding steroid dienone is 1. The molecule has 0 aliphatic heterocycles. The van der Waals surface area contributed by atoms with E-state index in [0.29, 0.717) is 22.3 Å². The van der Waals surface area contributed by atoms with Crippen molar-refractivity contribution in [2.75, 3.05) is 17.7 Å². The van der Waals surface area contributed by atoms with Gasteiger partial charge in [0.25, 0.3) is 5.91 Å². The van der Waals surface area contributed by atoms with E-state index in [2.05, 4.69) is 15.6 Å². The summed E-state index contributed by atoms with van der Waals surface area (Å²) >= 11 is 5.77. The number of carbonyl (C=O) groups excluding carboxylic acids is 2. The molecule has 2 aromatic rings. The van der Waals surface area contributed by atoms with Gasteiger partial charge in [0.05, 0.1) is 23.4 Å². The van der Waals surface area contributed by atoms with Gasteiger partial charge in [-0.1, -0.05) is 17.7 Å². The van der Waals surface area contributed by atoms with Gasteiger partial charge in [-0.2, -0.15) is 0 Å². The molecule has 0 aliphatic carbocycles. The minimum Gasteiger partial charge on any atom is -0.497 e. The van der Waals surface area contributed by atoms with Crippen LogP contribution in [0.15, 0.2) is 48.7 Å². The largest absolute Gasteiger partial charge is 0.497 e. The fourth-order valence-corrected chi connectivity index (χ4v) is 2.02. The zero-order chi connectivity index (χ0) is 17.5. The second kappa shape index (κ2) is 8.12. The van der Waals surface area contributed by atoms with Crippen LogP contribution in [0.2, 0.25) is 5.02 Å². The van der Waals surface area contributed by atoms with Crippen molar-refractivity contribution in [3.05, 3.63) is 59.3 Å². The number of rotatable bonds is 5. The lowest BCUT2D eigenvalue weighted by Crippen LogP contribution is -2.17. The molecule has 0 spiro atoms. The number of methoxy groups -OCH3 is 1. The van der Waals surface area contributed by atoms with Crippen LogP contribution in [0.5, 0.6) is 5.75 Å². The number of halogens is 1. The van der Waals surface area contributed by atoms with Crippen LogP contribution < -0.4 is 15.4 Å². The molecule has 1 heterocycles. The van der Waals surface area contributed by atoms with Crippen LogP contribution in [0.1, 0.15) is 17.3 Å². The minimum atomic E-state index is -0.431. The lowest BCUT2D eigenvalue weighted by Gasteiger charge is -2.12. The second-order valence-corrected chi connectivity index (χ2v) is 5.15. The topological polar surface area (TPSA) is 80.3 Å². The van der Waals surface area contributed by atoms with E-state index in [9.17, 15) is 9.59 Å². The lowest BCUT2D eigenvalue weighted by atomic mass is 10.1. The minimum absolute atomic E-state index is 0.254. The lowest BCUT2D eigenvalue weighted by molar-refractivity contribution is -0.111. The van der Waals surface area contributed by atoms with Crippen molar-refractivity contribution in [1.82, 2.24) is 4.98 Å². The predicted molar refractivity (Wildman–Crippen MR) is 93.6 cm³/mol. The molecule has 7 heteroatoms. The van der Waals surface area contributed by atoms with Gasteiger partial charge in [-0.25, -0.2) is 4.98 Å². The molecule has 24 heavy (non-hydrogen) atoms. The zero-order valence-corrected chi connectivity index (χ0v) is 13.9. The van der Waals surface area contributed by atoms with Crippen LogP contribution in [0, 0.1) is 0 Å². The number of nitrogens with zero attached hydrogens (tertiary/aromatic N) is 1. The van der Waals surface area contributed by atoms with Crippen molar-refractivity contribution in [2.45, 2.75) is 6.92 Å². The monoisotopic (exact) mass is 345 g/mol. The molecular formula is C17H16ClN3O3. The zero-order valence-electron chi connectivity index (χ0n) is 13.2.